The van der Waals surface area contributed by atoms with E-state index in [0.29, 0.717) is 0 Å². The summed E-state index contributed by atoms with van der Waals surface area (Å²) in [5, 5.41) is 1.31. The number of amides is 1. The highest BCUT2D eigenvalue weighted by molar-refractivity contribution is 6.02. The van der Waals surface area contributed by atoms with Crippen LogP contribution in [0.1, 0.15) is 38.9 Å². The van der Waals surface area contributed by atoms with Crippen molar-refractivity contribution in [3.63, 3.8) is 0 Å². The van der Waals surface area contributed by atoms with Gasteiger partial charge in [-0.3, -0.25) is 4.79 Å². The lowest BCUT2D eigenvalue weighted by Gasteiger charge is -2.46. The number of hydrogen-bond donors (Lipinski definition) is 0. The summed E-state index contributed by atoms with van der Waals surface area (Å²) in [5.74, 6) is 0.136. The smallest absolute Gasteiger partial charge is 0.257 e. The standard InChI is InChI=1S/C27H25N3O/c1-18-11-13-19(14-12-18)17-30-24-10-6-3-7-20(24)21-15-16-29-26(25(21)30)28(2)23-9-5-4-8-22(23)27(29)31/h3-14,26H,15-17H2,1-2H3. The van der Waals surface area contributed by atoms with Gasteiger partial charge in [0.15, 0.2) is 0 Å². The largest absolute Gasteiger partial charge is 0.349 e. The minimum Gasteiger partial charge on any atom is -0.349 e. The number of benzene rings is 3. The Hall–Kier alpha value is -3.53. The summed E-state index contributed by atoms with van der Waals surface area (Å²) < 4.78 is 2.43. The van der Waals surface area contributed by atoms with Crippen LogP contribution in [0.25, 0.3) is 10.9 Å². The molecule has 0 aliphatic carbocycles. The van der Waals surface area contributed by atoms with Gasteiger partial charge in [0.1, 0.15) is 6.17 Å². The van der Waals surface area contributed by atoms with Crippen LogP contribution < -0.4 is 4.90 Å². The third kappa shape index (κ3) is 2.64. The second-order valence-corrected chi connectivity index (χ2v) is 8.70. The van der Waals surface area contributed by atoms with Gasteiger partial charge in [-0.05, 0) is 42.7 Å². The SMILES string of the molecule is Cc1ccc(Cn2c3c(c4ccccc42)CCN2C(=O)c4ccccc4N(C)C32)cc1. The average molecular weight is 408 g/mol. The molecule has 1 amide bonds. The van der Waals surface area contributed by atoms with Crippen LogP contribution in [-0.2, 0) is 13.0 Å². The molecule has 2 aliphatic heterocycles. The van der Waals surface area contributed by atoms with E-state index in [2.05, 4.69) is 82.9 Å². The first kappa shape index (κ1) is 18.3. The molecular formula is C27H25N3O. The summed E-state index contributed by atoms with van der Waals surface area (Å²) in [6.45, 7) is 3.66. The molecule has 6 rings (SSSR count). The molecule has 4 aromatic rings. The topological polar surface area (TPSA) is 28.5 Å². The number of hydrogen-bond acceptors (Lipinski definition) is 2. The second-order valence-electron chi connectivity index (χ2n) is 8.70. The van der Waals surface area contributed by atoms with Crippen LogP contribution in [0.2, 0.25) is 0 Å². The molecule has 1 unspecified atom stereocenters. The lowest BCUT2D eigenvalue weighted by Crippen LogP contribution is -2.51. The minimum absolute atomic E-state index is 0.0935. The lowest BCUT2D eigenvalue weighted by atomic mass is 9.96. The molecule has 0 spiro atoms. The molecule has 0 saturated heterocycles. The minimum atomic E-state index is -0.0935. The molecule has 0 radical (unpaired) electrons. The number of fused-ring (bicyclic) bond motifs is 6. The van der Waals surface area contributed by atoms with Crippen molar-refractivity contribution in [2.75, 3.05) is 18.5 Å². The van der Waals surface area contributed by atoms with Gasteiger partial charge in [0.05, 0.1) is 16.9 Å². The van der Waals surface area contributed by atoms with Crippen molar-refractivity contribution in [1.29, 1.82) is 0 Å². The van der Waals surface area contributed by atoms with Crippen molar-refractivity contribution in [2.45, 2.75) is 26.1 Å². The zero-order valence-corrected chi connectivity index (χ0v) is 17.9. The van der Waals surface area contributed by atoms with E-state index in [4.69, 9.17) is 0 Å². The Kier molecular flexibility index (Phi) is 3.97. The van der Waals surface area contributed by atoms with Crippen LogP contribution in [0, 0.1) is 6.92 Å². The number of carbonyl (C=O) groups is 1. The second kappa shape index (κ2) is 6.74. The molecule has 4 nitrogen and oxygen atoms in total. The molecular weight excluding hydrogens is 382 g/mol. The number of aromatic nitrogens is 1. The third-order valence-corrected chi connectivity index (χ3v) is 6.87. The van der Waals surface area contributed by atoms with Crippen LogP contribution >= 0.6 is 0 Å². The fourth-order valence-electron chi connectivity index (χ4n) is 5.35. The van der Waals surface area contributed by atoms with E-state index in [1.807, 2.05) is 18.2 Å². The highest BCUT2D eigenvalue weighted by atomic mass is 16.2. The van der Waals surface area contributed by atoms with E-state index in [9.17, 15) is 4.79 Å². The van der Waals surface area contributed by atoms with Gasteiger partial charge in [0.2, 0.25) is 0 Å². The van der Waals surface area contributed by atoms with Crippen molar-refractivity contribution in [3.8, 4) is 0 Å². The van der Waals surface area contributed by atoms with Crippen LogP contribution in [0.5, 0.6) is 0 Å². The summed E-state index contributed by atoms with van der Waals surface area (Å²) in [6, 6.07) is 25.4. The Balaban J connectivity index is 1.57. The van der Waals surface area contributed by atoms with E-state index in [-0.39, 0.29) is 12.1 Å². The number of aryl methyl sites for hydroxylation is 1. The Morgan fingerprint density at radius 3 is 2.52 bits per heavy atom. The van der Waals surface area contributed by atoms with Crippen molar-refractivity contribution in [2.24, 2.45) is 0 Å². The van der Waals surface area contributed by atoms with E-state index in [0.717, 1.165) is 30.8 Å². The molecule has 1 atom stereocenters. The van der Waals surface area contributed by atoms with Gasteiger partial charge in [-0.1, -0.05) is 60.2 Å². The molecule has 0 saturated carbocycles. The predicted molar refractivity (Wildman–Crippen MR) is 125 cm³/mol. The average Bonchev–Trinajstić information content (AvgIpc) is 3.12. The molecule has 2 aliphatic rings. The predicted octanol–water partition coefficient (Wildman–Crippen LogP) is 5.14. The molecule has 0 fully saturated rings. The van der Waals surface area contributed by atoms with Crippen molar-refractivity contribution < 1.29 is 4.79 Å². The molecule has 1 aromatic heterocycles. The first-order chi connectivity index (χ1) is 15.1. The molecule has 0 bridgehead atoms. The zero-order chi connectivity index (χ0) is 21.1. The number of rotatable bonds is 2. The van der Waals surface area contributed by atoms with Gasteiger partial charge in [-0.25, -0.2) is 0 Å². The highest BCUT2D eigenvalue weighted by Gasteiger charge is 2.42. The van der Waals surface area contributed by atoms with E-state index >= 15 is 0 Å². The normalized spacial score (nSPS) is 17.5. The summed E-state index contributed by atoms with van der Waals surface area (Å²) in [5.41, 5.74) is 8.22. The Morgan fingerprint density at radius 1 is 0.935 bits per heavy atom. The lowest BCUT2D eigenvalue weighted by molar-refractivity contribution is 0.0630. The van der Waals surface area contributed by atoms with Gasteiger partial charge in [-0.2, -0.15) is 0 Å². The maximum Gasteiger partial charge on any atom is 0.257 e. The van der Waals surface area contributed by atoms with Gasteiger partial charge in [0, 0.05) is 31.0 Å². The Morgan fingerprint density at radius 2 is 1.68 bits per heavy atom. The van der Waals surface area contributed by atoms with Crippen LogP contribution in [-0.4, -0.2) is 29.0 Å². The maximum absolute atomic E-state index is 13.4. The third-order valence-electron chi connectivity index (χ3n) is 6.87. The number of nitrogens with zero attached hydrogens (tertiary/aromatic N) is 3. The number of anilines is 1. The molecule has 154 valence electrons. The first-order valence-corrected chi connectivity index (χ1v) is 10.9. The fraction of sp³-hybridized carbons (Fsp3) is 0.222. The van der Waals surface area contributed by atoms with Crippen LogP contribution in [0.15, 0.2) is 72.8 Å². The monoisotopic (exact) mass is 407 g/mol. The van der Waals surface area contributed by atoms with Crippen molar-refractivity contribution in [1.82, 2.24) is 9.47 Å². The maximum atomic E-state index is 13.4. The van der Waals surface area contributed by atoms with E-state index in [1.165, 1.54) is 33.3 Å². The highest BCUT2D eigenvalue weighted by Crippen LogP contribution is 2.44. The van der Waals surface area contributed by atoms with Gasteiger partial charge < -0.3 is 14.4 Å². The molecule has 0 N–H and O–H groups in total. The summed E-state index contributed by atoms with van der Waals surface area (Å²) in [7, 11) is 2.12. The zero-order valence-electron chi connectivity index (χ0n) is 17.9. The quantitative estimate of drug-likeness (QED) is 0.460. The van der Waals surface area contributed by atoms with Crippen molar-refractivity contribution in [3.05, 3.63) is 101 Å². The molecule has 4 heteroatoms. The Labute approximate surface area is 182 Å². The van der Waals surface area contributed by atoms with E-state index in [1.54, 1.807) is 0 Å². The Bertz CT molecular complexity index is 1320. The molecule has 3 heterocycles. The van der Waals surface area contributed by atoms with Gasteiger partial charge in [-0.15, -0.1) is 0 Å². The fourth-order valence-corrected chi connectivity index (χ4v) is 5.35. The van der Waals surface area contributed by atoms with Gasteiger partial charge >= 0.3 is 0 Å². The molecule has 3 aromatic carbocycles. The number of carbonyl (C=O) groups excluding carboxylic acids is 1. The summed E-state index contributed by atoms with van der Waals surface area (Å²) in [4.78, 5) is 17.7. The first-order valence-electron chi connectivity index (χ1n) is 10.9. The number of para-hydroxylation sites is 2. The summed E-state index contributed by atoms with van der Waals surface area (Å²) in [6.07, 6.45) is 0.790. The van der Waals surface area contributed by atoms with E-state index < -0.39 is 0 Å². The van der Waals surface area contributed by atoms with Crippen LogP contribution in [0.4, 0.5) is 5.69 Å². The van der Waals surface area contributed by atoms with Crippen LogP contribution in [0.3, 0.4) is 0 Å². The summed E-state index contributed by atoms with van der Waals surface area (Å²) >= 11 is 0. The van der Waals surface area contributed by atoms with Crippen molar-refractivity contribution >= 4 is 22.5 Å². The van der Waals surface area contributed by atoms with Gasteiger partial charge in [0.25, 0.3) is 5.91 Å². The molecule has 31 heavy (non-hydrogen) atoms.